The summed E-state index contributed by atoms with van der Waals surface area (Å²) in [6, 6.07) is 1.85. The topological polar surface area (TPSA) is 46.2 Å². The lowest BCUT2D eigenvalue weighted by atomic mass is 10.1. The summed E-state index contributed by atoms with van der Waals surface area (Å²) >= 11 is 7.24. The number of thiophene rings is 1. The first kappa shape index (κ1) is 9.00. The smallest absolute Gasteiger partial charge is 0.0519 e. The summed E-state index contributed by atoms with van der Waals surface area (Å²) in [4.78, 5) is 1.06. The van der Waals surface area contributed by atoms with Crippen LogP contribution in [0.5, 0.6) is 0 Å². The Labute approximate surface area is 74.6 Å². The molecular formula is C7H10ClNOS. The molecule has 0 spiro atoms. The fraction of sp³-hybridized carbons (Fsp3) is 0.429. The first-order valence-corrected chi connectivity index (χ1v) is 4.58. The summed E-state index contributed by atoms with van der Waals surface area (Å²) in [7, 11) is 0. The van der Waals surface area contributed by atoms with Crippen molar-refractivity contribution in [3.05, 3.63) is 21.3 Å². The molecule has 1 aromatic heterocycles. The van der Waals surface area contributed by atoms with Crippen molar-refractivity contribution >= 4 is 22.9 Å². The van der Waals surface area contributed by atoms with Gasteiger partial charge in [0, 0.05) is 22.7 Å². The molecule has 1 rings (SSSR count). The van der Waals surface area contributed by atoms with Gasteiger partial charge in [0.2, 0.25) is 0 Å². The summed E-state index contributed by atoms with van der Waals surface area (Å²) in [6.45, 7) is 0.556. The molecule has 4 heteroatoms. The number of aliphatic hydroxyl groups is 1. The van der Waals surface area contributed by atoms with Crippen LogP contribution >= 0.6 is 22.9 Å². The summed E-state index contributed by atoms with van der Waals surface area (Å²) < 4.78 is 0. The highest BCUT2D eigenvalue weighted by atomic mass is 35.5. The van der Waals surface area contributed by atoms with Crippen LogP contribution in [0.4, 0.5) is 0 Å². The van der Waals surface area contributed by atoms with Gasteiger partial charge in [-0.15, -0.1) is 11.3 Å². The largest absolute Gasteiger partial charge is 0.396 e. The van der Waals surface area contributed by atoms with Crippen LogP contribution in [0.3, 0.4) is 0 Å². The third kappa shape index (κ3) is 2.17. The molecule has 62 valence electrons. The molecule has 2 nitrogen and oxygen atoms in total. The highest BCUT2D eigenvalue weighted by molar-refractivity contribution is 7.10. The van der Waals surface area contributed by atoms with Crippen LogP contribution in [0.15, 0.2) is 11.4 Å². The van der Waals surface area contributed by atoms with Crippen LogP contribution < -0.4 is 5.73 Å². The van der Waals surface area contributed by atoms with E-state index in [-0.39, 0.29) is 12.5 Å². The molecule has 0 saturated heterocycles. The highest BCUT2D eigenvalue weighted by Gasteiger charge is 2.09. The molecule has 3 N–H and O–H groups in total. The molecule has 1 atom stereocenters. The Morgan fingerprint density at radius 1 is 1.73 bits per heavy atom. The molecule has 0 bridgehead atoms. The number of rotatable bonds is 3. The zero-order valence-electron chi connectivity index (χ0n) is 5.96. The Morgan fingerprint density at radius 3 is 2.82 bits per heavy atom. The summed E-state index contributed by atoms with van der Waals surface area (Å²) in [6.07, 6.45) is 0. The van der Waals surface area contributed by atoms with Crippen molar-refractivity contribution in [1.29, 1.82) is 0 Å². The highest BCUT2D eigenvalue weighted by Crippen LogP contribution is 2.25. The van der Waals surface area contributed by atoms with E-state index in [0.29, 0.717) is 6.54 Å². The van der Waals surface area contributed by atoms with Gasteiger partial charge in [0.05, 0.1) is 11.6 Å². The van der Waals surface area contributed by atoms with Gasteiger partial charge < -0.3 is 10.8 Å². The predicted molar refractivity (Wildman–Crippen MR) is 48.2 cm³/mol. The lowest BCUT2D eigenvalue weighted by molar-refractivity contribution is 0.269. The first-order valence-electron chi connectivity index (χ1n) is 3.32. The van der Waals surface area contributed by atoms with E-state index in [1.807, 2.05) is 11.4 Å². The van der Waals surface area contributed by atoms with Gasteiger partial charge in [-0.25, -0.2) is 0 Å². The minimum absolute atomic E-state index is 0.0486. The maximum absolute atomic E-state index is 8.87. The fourth-order valence-electron chi connectivity index (χ4n) is 0.823. The van der Waals surface area contributed by atoms with Gasteiger partial charge in [-0.05, 0) is 6.07 Å². The number of hydrogen-bond acceptors (Lipinski definition) is 3. The van der Waals surface area contributed by atoms with Crippen LogP contribution in [0.25, 0.3) is 0 Å². The zero-order chi connectivity index (χ0) is 8.27. The first-order chi connectivity index (χ1) is 5.27. The molecule has 0 radical (unpaired) electrons. The quantitative estimate of drug-likeness (QED) is 0.760. The van der Waals surface area contributed by atoms with Crippen molar-refractivity contribution in [1.82, 2.24) is 0 Å². The van der Waals surface area contributed by atoms with Crippen molar-refractivity contribution in [3.8, 4) is 0 Å². The third-order valence-electron chi connectivity index (χ3n) is 1.50. The normalized spacial score (nSPS) is 13.4. The molecule has 11 heavy (non-hydrogen) atoms. The molecular weight excluding hydrogens is 182 g/mol. The van der Waals surface area contributed by atoms with Gasteiger partial charge in [0.15, 0.2) is 0 Å². The summed E-state index contributed by atoms with van der Waals surface area (Å²) in [5, 5.41) is 11.4. The molecule has 0 aliphatic heterocycles. The Kier molecular flexibility index (Phi) is 3.33. The average Bonchev–Trinajstić information content (AvgIpc) is 2.39. The van der Waals surface area contributed by atoms with Crippen LogP contribution in [-0.4, -0.2) is 18.3 Å². The lowest BCUT2D eigenvalue weighted by Crippen LogP contribution is -2.14. The van der Waals surface area contributed by atoms with E-state index in [9.17, 15) is 0 Å². The second-order valence-corrected chi connectivity index (χ2v) is 3.66. The van der Waals surface area contributed by atoms with Crippen LogP contribution in [0.1, 0.15) is 10.8 Å². The van der Waals surface area contributed by atoms with Gasteiger partial charge >= 0.3 is 0 Å². The van der Waals surface area contributed by atoms with Gasteiger partial charge in [-0.1, -0.05) is 11.6 Å². The minimum atomic E-state index is 0.0486. The number of hydrogen-bond donors (Lipinski definition) is 2. The molecule has 0 aliphatic carbocycles. The van der Waals surface area contributed by atoms with E-state index in [1.165, 1.54) is 11.3 Å². The van der Waals surface area contributed by atoms with Crippen molar-refractivity contribution in [3.63, 3.8) is 0 Å². The second kappa shape index (κ2) is 4.07. The summed E-state index contributed by atoms with van der Waals surface area (Å²) in [5.41, 5.74) is 5.43. The Hall–Kier alpha value is -0.0900. The summed E-state index contributed by atoms with van der Waals surface area (Å²) in [5.74, 6) is 0.0486. The van der Waals surface area contributed by atoms with E-state index < -0.39 is 0 Å². The standard InChI is InChI=1S/C7H10ClNOS/c8-6-1-7(11-4-6)5(2-9)3-10/h1,4-5,10H,2-3,9H2. The predicted octanol–water partition coefficient (Wildman–Crippen LogP) is 1.44. The van der Waals surface area contributed by atoms with E-state index in [4.69, 9.17) is 22.4 Å². The van der Waals surface area contributed by atoms with Crippen molar-refractivity contribution in [2.45, 2.75) is 5.92 Å². The number of halogens is 1. The lowest BCUT2D eigenvalue weighted by Gasteiger charge is -2.06. The monoisotopic (exact) mass is 191 g/mol. The minimum Gasteiger partial charge on any atom is -0.396 e. The maximum Gasteiger partial charge on any atom is 0.0519 e. The average molecular weight is 192 g/mol. The van der Waals surface area contributed by atoms with Crippen LogP contribution in [-0.2, 0) is 0 Å². The fourth-order valence-corrected chi connectivity index (χ4v) is 2.01. The van der Waals surface area contributed by atoms with E-state index in [1.54, 1.807) is 0 Å². The molecule has 1 aromatic rings. The molecule has 0 amide bonds. The van der Waals surface area contributed by atoms with Crippen molar-refractivity contribution in [2.24, 2.45) is 5.73 Å². The van der Waals surface area contributed by atoms with E-state index >= 15 is 0 Å². The second-order valence-electron chi connectivity index (χ2n) is 2.28. The van der Waals surface area contributed by atoms with E-state index in [2.05, 4.69) is 0 Å². The SMILES string of the molecule is NCC(CO)c1cc(Cl)cs1. The van der Waals surface area contributed by atoms with Crippen molar-refractivity contribution in [2.75, 3.05) is 13.2 Å². The Balaban J connectivity index is 2.73. The molecule has 0 saturated carbocycles. The third-order valence-corrected chi connectivity index (χ3v) is 2.94. The van der Waals surface area contributed by atoms with Gasteiger partial charge in [-0.3, -0.25) is 0 Å². The molecule has 0 fully saturated rings. The Bertz CT molecular complexity index is 222. The van der Waals surface area contributed by atoms with E-state index in [0.717, 1.165) is 9.90 Å². The Morgan fingerprint density at radius 2 is 2.45 bits per heavy atom. The van der Waals surface area contributed by atoms with Gasteiger partial charge in [0.1, 0.15) is 0 Å². The zero-order valence-corrected chi connectivity index (χ0v) is 7.53. The number of nitrogens with two attached hydrogens (primary N) is 1. The molecule has 1 unspecified atom stereocenters. The molecule has 0 aromatic carbocycles. The van der Waals surface area contributed by atoms with Gasteiger partial charge in [-0.2, -0.15) is 0 Å². The molecule has 1 heterocycles. The number of aliphatic hydroxyl groups excluding tert-OH is 1. The van der Waals surface area contributed by atoms with Crippen LogP contribution in [0.2, 0.25) is 5.02 Å². The molecule has 0 aliphatic rings. The van der Waals surface area contributed by atoms with Crippen molar-refractivity contribution < 1.29 is 5.11 Å². The van der Waals surface area contributed by atoms with Gasteiger partial charge in [0.25, 0.3) is 0 Å². The maximum atomic E-state index is 8.87. The van der Waals surface area contributed by atoms with Crippen LogP contribution in [0, 0.1) is 0 Å².